The molecule has 0 N–H and O–H groups in total. The maximum atomic E-state index is 12.7. The molecule has 0 aliphatic carbocycles. The summed E-state index contributed by atoms with van der Waals surface area (Å²) in [5.74, 6) is -0.430. The fourth-order valence-electron chi connectivity index (χ4n) is 6.54. The Hall–Kier alpha value is -2.40. The number of carbonyl (C=O) groups excluding carboxylic acids is 2. The van der Waals surface area contributed by atoms with E-state index in [0.717, 1.165) is 83.5 Å². The zero-order chi connectivity index (χ0) is 40.7. The average Bonchev–Trinajstić information content (AvgIpc) is 3.20. The largest absolute Gasteiger partial charge is 0.462 e. The molecule has 0 amide bonds. The van der Waals surface area contributed by atoms with E-state index in [0.29, 0.717) is 19.4 Å². The summed E-state index contributed by atoms with van der Waals surface area (Å²) in [6.45, 7) is 7.68. The second-order valence-corrected chi connectivity index (χ2v) is 15.6. The highest BCUT2D eigenvalue weighted by Gasteiger charge is 2.17. The van der Waals surface area contributed by atoms with Crippen LogP contribution >= 0.6 is 0 Å². The standard InChI is InChI=1S/C51H90O5/c1-4-7-10-13-16-19-22-23-24-25-26-27-28-29-31-32-35-38-41-44-50(52)55-48-49(47-54-46-43-40-37-34-21-18-15-12-9-6-3)56-51(53)45-42-39-36-33-30-20-17-14-11-8-5-2/h7,10,16,19,23-24,26-27,29,31,49H,4-6,8-9,11-15,17-18,20-22,25,28,30,32-48H2,1-3H3/b10-7-,19-16-,24-23-,27-26-,31-29-. The number of esters is 2. The van der Waals surface area contributed by atoms with Gasteiger partial charge in [0.05, 0.1) is 6.61 Å². The molecule has 5 nitrogen and oxygen atoms in total. The van der Waals surface area contributed by atoms with E-state index in [-0.39, 0.29) is 25.2 Å². The van der Waals surface area contributed by atoms with Gasteiger partial charge in [0.15, 0.2) is 6.10 Å². The zero-order valence-electron chi connectivity index (χ0n) is 37.1. The SMILES string of the molecule is CC/C=C\C/C=C\C/C=C\C/C=C\C/C=C\CCCCCC(=O)OCC(COCCCCCCCCCCCC)OC(=O)CCCCCCCCCCCCC. The molecule has 1 unspecified atom stereocenters. The number of rotatable bonds is 43. The van der Waals surface area contributed by atoms with Crippen molar-refractivity contribution in [3.63, 3.8) is 0 Å². The topological polar surface area (TPSA) is 61.8 Å². The zero-order valence-corrected chi connectivity index (χ0v) is 37.1. The lowest BCUT2D eigenvalue weighted by Gasteiger charge is -2.18. The van der Waals surface area contributed by atoms with E-state index in [4.69, 9.17) is 14.2 Å². The highest BCUT2D eigenvalue weighted by molar-refractivity contribution is 5.70. The van der Waals surface area contributed by atoms with Crippen molar-refractivity contribution in [1.29, 1.82) is 0 Å². The number of hydrogen-bond acceptors (Lipinski definition) is 5. The van der Waals surface area contributed by atoms with E-state index >= 15 is 0 Å². The van der Waals surface area contributed by atoms with Gasteiger partial charge in [-0.25, -0.2) is 0 Å². The lowest BCUT2D eigenvalue weighted by Crippen LogP contribution is -2.30. The van der Waals surface area contributed by atoms with Gasteiger partial charge in [-0.15, -0.1) is 0 Å². The van der Waals surface area contributed by atoms with Crippen molar-refractivity contribution in [3.8, 4) is 0 Å². The predicted octanol–water partition coefficient (Wildman–Crippen LogP) is 15.8. The molecule has 5 heteroatoms. The molecule has 0 saturated carbocycles. The molecular weight excluding hydrogens is 693 g/mol. The Morgan fingerprint density at radius 3 is 1.29 bits per heavy atom. The second kappa shape index (κ2) is 47.0. The fourth-order valence-corrected chi connectivity index (χ4v) is 6.54. The first-order valence-corrected chi connectivity index (χ1v) is 23.8. The lowest BCUT2D eigenvalue weighted by molar-refractivity contribution is -0.163. The van der Waals surface area contributed by atoms with Gasteiger partial charge in [-0.3, -0.25) is 9.59 Å². The van der Waals surface area contributed by atoms with Crippen LogP contribution in [0.2, 0.25) is 0 Å². The van der Waals surface area contributed by atoms with Crippen LogP contribution in [0.1, 0.15) is 226 Å². The number of hydrogen-bond donors (Lipinski definition) is 0. The van der Waals surface area contributed by atoms with E-state index < -0.39 is 6.10 Å². The van der Waals surface area contributed by atoms with Gasteiger partial charge in [0.25, 0.3) is 0 Å². The summed E-state index contributed by atoms with van der Waals surface area (Å²) in [6, 6.07) is 0. The monoisotopic (exact) mass is 783 g/mol. The minimum Gasteiger partial charge on any atom is -0.462 e. The van der Waals surface area contributed by atoms with Crippen LogP contribution < -0.4 is 0 Å². The second-order valence-electron chi connectivity index (χ2n) is 15.6. The smallest absolute Gasteiger partial charge is 0.306 e. The van der Waals surface area contributed by atoms with Crippen LogP contribution in [0.25, 0.3) is 0 Å². The predicted molar refractivity (Wildman–Crippen MR) is 242 cm³/mol. The number of allylic oxidation sites excluding steroid dienone is 10. The van der Waals surface area contributed by atoms with Crippen LogP contribution in [-0.2, 0) is 23.8 Å². The molecule has 56 heavy (non-hydrogen) atoms. The van der Waals surface area contributed by atoms with Crippen molar-refractivity contribution in [2.24, 2.45) is 0 Å². The summed E-state index contributed by atoms with van der Waals surface area (Å²) in [4.78, 5) is 25.2. The van der Waals surface area contributed by atoms with Gasteiger partial charge in [-0.1, -0.05) is 210 Å². The summed E-state index contributed by atoms with van der Waals surface area (Å²) >= 11 is 0. The van der Waals surface area contributed by atoms with Gasteiger partial charge < -0.3 is 14.2 Å². The minimum absolute atomic E-state index is 0.0703. The van der Waals surface area contributed by atoms with E-state index in [2.05, 4.69) is 81.5 Å². The molecule has 0 rings (SSSR count). The Morgan fingerprint density at radius 2 is 0.804 bits per heavy atom. The Balaban J connectivity index is 4.26. The van der Waals surface area contributed by atoms with Crippen molar-refractivity contribution in [3.05, 3.63) is 60.8 Å². The molecule has 324 valence electrons. The van der Waals surface area contributed by atoms with Gasteiger partial charge in [0, 0.05) is 19.4 Å². The highest BCUT2D eigenvalue weighted by Crippen LogP contribution is 2.14. The normalized spacial score (nSPS) is 12.7. The molecule has 0 bridgehead atoms. The third-order valence-electron chi connectivity index (χ3n) is 10.1. The van der Waals surface area contributed by atoms with Gasteiger partial charge in [-0.05, 0) is 64.2 Å². The molecule has 0 spiro atoms. The highest BCUT2D eigenvalue weighted by atomic mass is 16.6. The van der Waals surface area contributed by atoms with E-state index in [9.17, 15) is 9.59 Å². The minimum atomic E-state index is -0.544. The van der Waals surface area contributed by atoms with Crippen LogP contribution in [0, 0.1) is 0 Å². The number of unbranched alkanes of at least 4 members (excludes halogenated alkanes) is 22. The molecule has 0 aromatic heterocycles. The van der Waals surface area contributed by atoms with Gasteiger partial charge in [0.2, 0.25) is 0 Å². The summed E-state index contributed by atoms with van der Waals surface area (Å²) in [7, 11) is 0. The van der Waals surface area contributed by atoms with Crippen LogP contribution in [0.15, 0.2) is 60.8 Å². The maximum Gasteiger partial charge on any atom is 0.306 e. The van der Waals surface area contributed by atoms with Gasteiger partial charge >= 0.3 is 11.9 Å². The molecule has 0 aliphatic rings. The van der Waals surface area contributed by atoms with Crippen molar-refractivity contribution < 1.29 is 23.8 Å². The van der Waals surface area contributed by atoms with E-state index in [1.165, 1.54) is 109 Å². The summed E-state index contributed by atoms with van der Waals surface area (Å²) in [6.07, 6.45) is 57.9. The van der Waals surface area contributed by atoms with Crippen LogP contribution in [-0.4, -0.2) is 37.9 Å². The van der Waals surface area contributed by atoms with Crippen LogP contribution in [0.4, 0.5) is 0 Å². The quantitative estimate of drug-likeness (QED) is 0.0350. The van der Waals surface area contributed by atoms with Crippen LogP contribution in [0.5, 0.6) is 0 Å². The third kappa shape index (κ3) is 44.3. The first-order valence-electron chi connectivity index (χ1n) is 23.8. The Kier molecular flexibility index (Phi) is 45.0. The fraction of sp³-hybridized carbons (Fsp3) is 0.765. The van der Waals surface area contributed by atoms with E-state index in [1.807, 2.05) is 0 Å². The molecule has 0 heterocycles. The van der Waals surface area contributed by atoms with E-state index in [1.54, 1.807) is 0 Å². The summed E-state index contributed by atoms with van der Waals surface area (Å²) < 4.78 is 17.3. The molecule has 0 aliphatic heterocycles. The van der Waals surface area contributed by atoms with Crippen molar-refractivity contribution >= 4 is 11.9 Å². The van der Waals surface area contributed by atoms with Crippen molar-refractivity contribution in [1.82, 2.24) is 0 Å². The van der Waals surface area contributed by atoms with Crippen molar-refractivity contribution in [2.75, 3.05) is 19.8 Å². The first kappa shape index (κ1) is 53.6. The molecule has 0 aromatic rings. The molecule has 0 saturated heterocycles. The van der Waals surface area contributed by atoms with Crippen molar-refractivity contribution in [2.45, 2.75) is 232 Å². The summed E-state index contributed by atoms with van der Waals surface area (Å²) in [5.41, 5.74) is 0. The van der Waals surface area contributed by atoms with Crippen LogP contribution in [0.3, 0.4) is 0 Å². The molecule has 0 aromatic carbocycles. The third-order valence-corrected chi connectivity index (χ3v) is 10.1. The molecule has 0 radical (unpaired) electrons. The van der Waals surface area contributed by atoms with Gasteiger partial charge in [-0.2, -0.15) is 0 Å². The maximum absolute atomic E-state index is 12.7. The Morgan fingerprint density at radius 1 is 0.411 bits per heavy atom. The number of carbonyl (C=O) groups is 2. The average molecular weight is 783 g/mol. The molecule has 0 fully saturated rings. The molecular formula is C51H90O5. The first-order chi connectivity index (χ1) is 27.6. The number of ether oxygens (including phenoxy) is 3. The molecule has 1 atom stereocenters. The van der Waals surface area contributed by atoms with Gasteiger partial charge in [0.1, 0.15) is 6.61 Å². The Bertz CT molecular complexity index is 977. The lowest BCUT2D eigenvalue weighted by atomic mass is 10.1. The summed E-state index contributed by atoms with van der Waals surface area (Å²) in [5, 5.41) is 0. The Labute approximate surface area is 347 Å².